The number of aromatic nitrogens is 5. The van der Waals surface area contributed by atoms with Crippen LogP contribution >= 0.6 is 11.6 Å². The molecule has 0 spiro atoms. The highest BCUT2D eigenvalue weighted by Gasteiger charge is 2.08. The average Bonchev–Trinajstić information content (AvgIpc) is 2.96. The van der Waals surface area contributed by atoms with Crippen LogP contribution in [0.15, 0.2) is 36.7 Å². The van der Waals surface area contributed by atoms with Crippen molar-refractivity contribution in [2.45, 2.75) is 6.92 Å². The standard InChI is InChI=1S/C13H10ClFN6/c1-8-7-9(3-4-10(8)15)17-12-18-11(14)19-13(20-12)21-6-2-5-16-21/h2-7H,1H3,(H,17,18,19,20). The highest BCUT2D eigenvalue weighted by Crippen LogP contribution is 2.18. The molecule has 0 aliphatic heterocycles. The summed E-state index contributed by atoms with van der Waals surface area (Å²) in [6, 6.07) is 6.36. The summed E-state index contributed by atoms with van der Waals surface area (Å²) in [6.45, 7) is 1.68. The first-order valence-corrected chi connectivity index (χ1v) is 6.44. The summed E-state index contributed by atoms with van der Waals surface area (Å²) in [5, 5.41) is 7.03. The van der Waals surface area contributed by atoms with Crippen LogP contribution in [0.5, 0.6) is 0 Å². The largest absolute Gasteiger partial charge is 0.324 e. The number of hydrogen-bond donors (Lipinski definition) is 1. The Kier molecular flexibility index (Phi) is 3.49. The van der Waals surface area contributed by atoms with E-state index in [2.05, 4.69) is 25.4 Å². The van der Waals surface area contributed by atoms with Crippen molar-refractivity contribution >= 4 is 23.2 Å². The third kappa shape index (κ3) is 2.97. The van der Waals surface area contributed by atoms with Gasteiger partial charge in [0.2, 0.25) is 11.2 Å². The minimum atomic E-state index is -0.272. The second-order valence-corrected chi connectivity index (χ2v) is 4.61. The first kappa shape index (κ1) is 13.4. The molecule has 1 aromatic carbocycles. The Morgan fingerprint density at radius 2 is 2.10 bits per heavy atom. The Balaban J connectivity index is 1.93. The lowest BCUT2D eigenvalue weighted by atomic mass is 10.2. The fourth-order valence-electron chi connectivity index (χ4n) is 1.74. The molecular weight excluding hydrogens is 295 g/mol. The smallest absolute Gasteiger partial charge is 0.256 e. The van der Waals surface area contributed by atoms with Gasteiger partial charge in [-0.05, 0) is 48.4 Å². The van der Waals surface area contributed by atoms with Crippen molar-refractivity contribution in [1.29, 1.82) is 0 Å². The number of nitrogens with one attached hydrogen (secondary N) is 1. The number of halogens is 2. The molecule has 3 aromatic rings. The van der Waals surface area contributed by atoms with Gasteiger partial charge in [0.1, 0.15) is 5.82 Å². The predicted molar refractivity (Wildman–Crippen MR) is 76.4 cm³/mol. The molecule has 0 bridgehead atoms. The summed E-state index contributed by atoms with van der Waals surface area (Å²) in [6.07, 6.45) is 3.30. The zero-order chi connectivity index (χ0) is 14.8. The summed E-state index contributed by atoms with van der Waals surface area (Å²) >= 11 is 5.89. The Morgan fingerprint density at radius 3 is 2.81 bits per heavy atom. The first-order valence-electron chi connectivity index (χ1n) is 6.06. The lowest BCUT2D eigenvalue weighted by molar-refractivity contribution is 0.619. The molecule has 2 aromatic heterocycles. The van der Waals surface area contributed by atoms with Crippen molar-refractivity contribution in [3.05, 3.63) is 53.3 Å². The fraction of sp³-hybridized carbons (Fsp3) is 0.0769. The third-order valence-corrected chi connectivity index (χ3v) is 2.89. The van der Waals surface area contributed by atoms with Crippen LogP contribution in [0, 0.1) is 12.7 Å². The van der Waals surface area contributed by atoms with Crippen LogP contribution in [0.2, 0.25) is 5.28 Å². The Bertz CT molecular complexity index is 774. The van der Waals surface area contributed by atoms with Crippen LogP contribution in [0.1, 0.15) is 5.56 Å². The molecule has 0 fully saturated rings. The highest BCUT2D eigenvalue weighted by molar-refractivity contribution is 6.28. The molecule has 3 rings (SSSR count). The number of benzene rings is 1. The summed E-state index contributed by atoms with van der Waals surface area (Å²) in [4.78, 5) is 12.2. The van der Waals surface area contributed by atoms with Gasteiger partial charge in [-0.1, -0.05) is 0 Å². The Morgan fingerprint density at radius 1 is 1.24 bits per heavy atom. The molecule has 0 atom stereocenters. The van der Waals surface area contributed by atoms with Crippen LogP contribution < -0.4 is 5.32 Å². The Hall–Kier alpha value is -2.54. The normalized spacial score (nSPS) is 10.6. The molecule has 106 valence electrons. The molecule has 0 saturated heterocycles. The second-order valence-electron chi connectivity index (χ2n) is 4.27. The van der Waals surface area contributed by atoms with Crippen LogP contribution in [-0.4, -0.2) is 24.7 Å². The molecule has 0 amide bonds. The molecule has 0 radical (unpaired) electrons. The van der Waals surface area contributed by atoms with Gasteiger partial charge in [0.15, 0.2) is 0 Å². The minimum absolute atomic E-state index is 0.0387. The van der Waals surface area contributed by atoms with E-state index in [0.29, 0.717) is 17.2 Å². The number of anilines is 2. The zero-order valence-electron chi connectivity index (χ0n) is 11.0. The van der Waals surface area contributed by atoms with Gasteiger partial charge in [-0.15, -0.1) is 0 Å². The van der Waals surface area contributed by atoms with Crippen molar-refractivity contribution < 1.29 is 4.39 Å². The molecule has 8 heteroatoms. The van der Waals surface area contributed by atoms with E-state index >= 15 is 0 Å². The SMILES string of the molecule is Cc1cc(Nc2nc(Cl)nc(-n3cccn3)n2)ccc1F. The molecule has 6 nitrogen and oxygen atoms in total. The average molecular weight is 305 g/mol. The van der Waals surface area contributed by atoms with Gasteiger partial charge in [-0.2, -0.15) is 20.1 Å². The summed E-state index contributed by atoms with van der Waals surface area (Å²) in [5.74, 6) is 0.277. The maximum Gasteiger partial charge on any atom is 0.256 e. The van der Waals surface area contributed by atoms with Gasteiger partial charge in [0.25, 0.3) is 5.95 Å². The van der Waals surface area contributed by atoms with Crippen molar-refractivity contribution in [3.63, 3.8) is 0 Å². The number of nitrogens with zero attached hydrogens (tertiary/aromatic N) is 5. The maximum absolute atomic E-state index is 13.2. The van der Waals surface area contributed by atoms with Crippen molar-refractivity contribution in [2.75, 3.05) is 5.32 Å². The van der Waals surface area contributed by atoms with Crippen LogP contribution in [-0.2, 0) is 0 Å². The van der Waals surface area contributed by atoms with Crippen LogP contribution in [0.3, 0.4) is 0 Å². The quantitative estimate of drug-likeness (QED) is 0.806. The van der Waals surface area contributed by atoms with Gasteiger partial charge in [-0.25, -0.2) is 9.07 Å². The van der Waals surface area contributed by atoms with Crippen LogP contribution in [0.25, 0.3) is 5.95 Å². The van der Waals surface area contributed by atoms with Gasteiger partial charge in [0, 0.05) is 18.1 Å². The third-order valence-electron chi connectivity index (χ3n) is 2.72. The first-order chi connectivity index (χ1) is 10.1. The number of hydrogen-bond acceptors (Lipinski definition) is 5. The molecule has 21 heavy (non-hydrogen) atoms. The fourth-order valence-corrected chi connectivity index (χ4v) is 1.89. The van der Waals surface area contributed by atoms with Crippen molar-refractivity contribution in [1.82, 2.24) is 24.7 Å². The monoisotopic (exact) mass is 304 g/mol. The van der Waals surface area contributed by atoms with Gasteiger partial charge < -0.3 is 5.32 Å². The van der Waals surface area contributed by atoms with E-state index in [-0.39, 0.29) is 17.0 Å². The predicted octanol–water partition coefficient (Wildman–Crippen LogP) is 2.90. The van der Waals surface area contributed by atoms with E-state index in [9.17, 15) is 4.39 Å². The molecule has 0 saturated carbocycles. The summed E-state index contributed by atoms with van der Waals surface area (Å²) in [7, 11) is 0. The van der Waals surface area contributed by atoms with Crippen molar-refractivity contribution in [2.24, 2.45) is 0 Å². The van der Waals surface area contributed by atoms with Gasteiger partial charge in [0.05, 0.1) is 0 Å². The van der Waals surface area contributed by atoms with E-state index in [0.717, 1.165) is 0 Å². The Labute approximate surface area is 124 Å². The maximum atomic E-state index is 13.2. The lowest BCUT2D eigenvalue weighted by Crippen LogP contribution is -2.07. The second kappa shape index (κ2) is 5.45. The van der Waals surface area contributed by atoms with E-state index in [1.807, 2.05) is 0 Å². The minimum Gasteiger partial charge on any atom is -0.324 e. The van der Waals surface area contributed by atoms with E-state index in [4.69, 9.17) is 11.6 Å². The zero-order valence-corrected chi connectivity index (χ0v) is 11.7. The molecule has 0 aliphatic rings. The lowest BCUT2D eigenvalue weighted by Gasteiger charge is -2.07. The number of aryl methyl sites for hydroxylation is 1. The summed E-state index contributed by atoms with van der Waals surface area (Å²) < 4.78 is 14.7. The molecule has 1 N–H and O–H groups in total. The molecular formula is C13H10ClFN6. The van der Waals surface area contributed by atoms with E-state index in [1.54, 1.807) is 37.5 Å². The van der Waals surface area contributed by atoms with Crippen molar-refractivity contribution in [3.8, 4) is 5.95 Å². The highest BCUT2D eigenvalue weighted by atomic mass is 35.5. The number of rotatable bonds is 3. The summed E-state index contributed by atoms with van der Waals surface area (Å²) in [5.41, 5.74) is 1.18. The van der Waals surface area contributed by atoms with E-state index in [1.165, 1.54) is 10.7 Å². The molecule has 0 aliphatic carbocycles. The van der Waals surface area contributed by atoms with Gasteiger partial charge >= 0.3 is 0 Å². The van der Waals surface area contributed by atoms with E-state index < -0.39 is 0 Å². The molecule has 2 heterocycles. The topological polar surface area (TPSA) is 68.5 Å². The van der Waals surface area contributed by atoms with Gasteiger partial charge in [-0.3, -0.25) is 0 Å². The molecule has 0 unspecified atom stereocenters. The van der Waals surface area contributed by atoms with Crippen LogP contribution in [0.4, 0.5) is 16.0 Å².